The van der Waals surface area contributed by atoms with Crippen LogP contribution in [0.5, 0.6) is 0 Å². The Hall–Kier alpha value is -2.35. The molecule has 0 aliphatic heterocycles. The number of Topliss-reactive ketones (excluding diaryl/α,β-unsaturated/α-hetero) is 1. The molecule has 0 saturated heterocycles. The van der Waals surface area contributed by atoms with E-state index in [4.69, 9.17) is 4.42 Å². The molecule has 0 amide bonds. The van der Waals surface area contributed by atoms with Crippen molar-refractivity contribution in [1.29, 1.82) is 0 Å². The molecule has 2 aromatic carbocycles. The van der Waals surface area contributed by atoms with Gasteiger partial charge in [-0.1, -0.05) is 43.3 Å². The van der Waals surface area contributed by atoms with Gasteiger partial charge >= 0.3 is 0 Å². The Morgan fingerprint density at radius 2 is 1.79 bits per heavy atom. The van der Waals surface area contributed by atoms with Gasteiger partial charge in [0.2, 0.25) is 0 Å². The molecule has 2 heteroatoms. The van der Waals surface area contributed by atoms with E-state index in [-0.39, 0.29) is 5.78 Å². The molecule has 19 heavy (non-hydrogen) atoms. The third kappa shape index (κ3) is 2.17. The fraction of sp³-hybridized carbons (Fsp3) is 0.118. The zero-order valence-electron chi connectivity index (χ0n) is 10.7. The fourth-order valence-corrected chi connectivity index (χ4v) is 2.17. The Morgan fingerprint density at radius 1 is 1.00 bits per heavy atom. The van der Waals surface area contributed by atoms with Crippen molar-refractivity contribution in [2.75, 3.05) is 0 Å². The number of ketones is 1. The summed E-state index contributed by atoms with van der Waals surface area (Å²) in [5, 5.41) is 0.971. The van der Waals surface area contributed by atoms with E-state index >= 15 is 0 Å². The van der Waals surface area contributed by atoms with Crippen LogP contribution in [0.15, 0.2) is 59.0 Å². The maximum atomic E-state index is 11.6. The molecule has 3 aromatic rings. The number of benzene rings is 2. The van der Waals surface area contributed by atoms with Crippen LogP contribution in [0.1, 0.15) is 23.9 Å². The Bertz CT molecular complexity index is 723. The SMILES string of the molecule is CCC(=O)c1cc2cc(-c3ccccc3)ccc2o1. The quantitative estimate of drug-likeness (QED) is 0.631. The molecule has 94 valence electrons. The monoisotopic (exact) mass is 250 g/mol. The molecule has 1 heterocycles. The first-order valence-electron chi connectivity index (χ1n) is 6.40. The van der Waals surface area contributed by atoms with Gasteiger partial charge in [0, 0.05) is 11.8 Å². The molecule has 1 aromatic heterocycles. The first kappa shape index (κ1) is 11.7. The predicted molar refractivity (Wildman–Crippen MR) is 76.3 cm³/mol. The zero-order chi connectivity index (χ0) is 13.2. The third-order valence-electron chi connectivity index (χ3n) is 3.22. The molecule has 0 unspecified atom stereocenters. The second-order valence-electron chi connectivity index (χ2n) is 4.51. The van der Waals surface area contributed by atoms with Crippen LogP contribution < -0.4 is 0 Å². The number of furan rings is 1. The van der Waals surface area contributed by atoms with Gasteiger partial charge in [-0.3, -0.25) is 4.79 Å². The molecule has 0 bridgehead atoms. The van der Waals surface area contributed by atoms with Gasteiger partial charge < -0.3 is 4.42 Å². The second-order valence-corrected chi connectivity index (χ2v) is 4.51. The molecule has 0 fully saturated rings. The smallest absolute Gasteiger partial charge is 0.197 e. The van der Waals surface area contributed by atoms with Crippen molar-refractivity contribution >= 4 is 16.8 Å². The van der Waals surface area contributed by atoms with E-state index in [2.05, 4.69) is 18.2 Å². The van der Waals surface area contributed by atoms with Crippen molar-refractivity contribution in [3.8, 4) is 11.1 Å². The van der Waals surface area contributed by atoms with Gasteiger partial charge in [0.15, 0.2) is 11.5 Å². The fourth-order valence-electron chi connectivity index (χ4n) is 2.17. The first-order chi connectivity index (χ1) is 9.28. The highest BCUT2D eigenvalue weighted by atomic mass is 16.3. The van der Waals surface area contributed by atoms with E-state index in [9.17, 15) is 4.79 Å². The van der Waals surface area contributed by atoms with Gasteiger partial charge in [0.05, 0.1) is 0 Å². The van der Waals surface area contributed by atoms with Crippen molar-refractivity contribution in [3.63, 3.8) is 0 Å². The lowest BCUT2D eigenvalue weighted by Crippen LogP contribution is -1.92. The normalized spacial score (nSPS) is 10.8. The van der Waals surface area contributed by atoms with Crippen molar-refractivity contribution in [3.05, 3.63) is 60.4 Å². The van der Waals surface area contributed by atoms with E-state index in [1.54, 1.807) is 0 Å². The van der Waals surface area contributed by atoms with Gasteiger partial charge in [0.1, 0.15) is 5.58 Å². The minimum Gasteiger partial charge on any atom is -0.453 e. The number of hydrogen-bond donors (Lipinski definition) is 0. The summed E-state index contributed by atoms with van der Waals surface area (Å²) < 4.78 is 5.56. The Balaban J connectivity index is 2.09. The minimum absolute atomic E-state index is 0.0393. The largest absolute Gasteiger partial charge is 0.453 e. The molecular weight excluding hydrogens is 236 g/mol. The van der Waals surface area contributed by atoms with Crippen molar-refractivity contribution in [2.45, 2.75) is 13.3 Å². The molecule has 0 aliphatic rings. The molecule has 0 atom stereocenters. The molecule has 3 rings (SSSR count). The van der Waals surface area contributed by atoms with Gasteiger partial charge in [-0.25, -0.2) is 0 Å². The van der Waals surface area contributed by atoms with Crippen LogP contribution in [0.2, 0.25) is 0 Å². The number of carbonyl (C=O) groups excluding carboxylic acids is 1. The average molecular weight is 250 g/mol. The van der Waals surface area contributed by atoms with Crippen LogP contribution in [0.3, 0.4) is 0 Å². The topological polar surface area (TPSA) is 30.2 Å². The lowest BCUT2D eigenvalue weighted by Gasteiger charge is -2.00. The van der Waals surface area contributed by atoms with Gasteiger partial charge in [-0.2, -0.15) is 0 Å². The van der Waals surface area contributed by atoms with Crippen LogP contribution in [0, 0.1) is 0 Å². The summed E-state index contributed by atoms with van der Waals surface area (Å²) in [5.74, 6) is 0.486. The summed E-state index contributed by atoms with van der Waals surface area (Å²) in [4.78, 5) is 11.6. The number of rotatable bonds is 3. The summed E-state index contributed by atoms with van der Waals surface area (Å²) in [6.07, 6.45) is 0.464. The zero-order valence-corrected chi connectivity index (χ0v) is 10.7. The van der Waals surface area contributed by atoms with Crippen LogP contribution in [-0.2, 0) is 0 Å². The molecule has 0 spiro atoms. The molecule has 0 N–H and O–H groups in total. The average Bonchev–Trinajstić information content (AvgIpc) is 2.90. The van der Waals surface area contributed by atoms with E-state index in [1.807, 2.05) is 43.3 Å². The molecular formula is C17H14O2. The Kier molecular flexibility index (Phi) is 2.92. The van der Waals surface area contributed by atoms with Crippen LogP contribution in [0.4, 0.5) is 0 Å². The standard InChI is InChI=1S/C17H14O2/c1-2-15(18)17-11-14-10-13(8-9-16(14)19-17)12-6-4-3-5-7-12/h3-11H,2H2,1H3. The Labute approximate surface area is 111 Å². The lowest BCUT2D eigenvalue weighted by atomic mass is 10.0. The van der Waals surface area contributed by atoms with Crippen molar-refractivity contribution in [2.24, 2.45) is 0 Å². The maximum Gasteiger partial charge on any atom is 0.197 e. The summed E-state index contributed by atoms with van der Waals surface area (Å²) in [5.41, 5.74) is 3.05. The van der Waals surface area contributed by atoms with Gasteiger partial charge in [0.25, 0.3) is 0 Å². The highest BCUT2D eigenvalue weighted by molar-refractivity contribution is 5.98. The number of carbonyl (C=O) groups is 1. The highest BCUT2D eigenvalue weighted by Gasteiger charge is 2.10. The summed E-state index contributed by atoms with van der Waals surface area (Å²) in [6, 6.07) is 18.0. The van der Waals surface area contributed by atoms with E-state index in [1.165, 1.54) is 0 Å². The Morgan fingerprint density at radius 3 is 2.53 bits per heavy atom. The molecule has 0 radical (unpaired) electrons. The lowest BCUT2D eigenvalue weighted by molar-refractivity contribution is 0.0963. The van der Waals surface area contributed by atoms with E-state index in [0.29, 0.717) is 12.2 Å². The van der Waals surface area contributed by atoms with Crippen molar-refractivity contribution in [1.82, 2.24) is 0 Å². The van der Waals surface area contributed by atoms with E-state index < -0.39 is 0 Å². The van der Waals surface area contributed by atoms with E-state index in [0.717, 1.165) is 22.1 Å². The minimum atomic E-state index is 0.0393. The molecule has 0 saturated carbocycles. The maximum absolute atomic E-state index is 11.6. The second kappa shape index (κ2) is 4.73. The summed E-state index contributed by atoms with van der Waals surface area (Å²) >= 11 is 0. The van der Waals surface area contributed by atoms with Crippen LogP contribution in [0.25, 0.3) is 22.1 Å². The van der Waals surface area contributed by atoms with Gasteiger partial charge in [-0.05, 0) is 29.3 Å². The molecule has 2 nitrogen and oxygen atoms in total. The summed E-state index contributed by atoms with van der Waals surface area (Å²) in [6.45, 7) is 1.84. The van der Waals surface area contributed by atoms with Gasteiger partial charge in [-0.15, -0.1) is 0 Å². The predicted octanol–water partition coefficient (Wildman–Crippen LogP) is 4.69. The first-order valence-corrected chi connectivity index (χ1v) is 6.40. The number of fused-ring (bicyclic) bond motifs is 1. The molecule has 0 aliphatic carbocycles. The van der Waals surface area contributed by atoms with Crippen LogP contribution in [-0.4, -0.2) is 5.78 Å². The highest BCUT2D eigenvalue weighted by Crippen LogP contribution is 2.27. The van der Waals surface area contributed by atoms with Crippen LogP contribution >= 0.6 is 0 Å². The van der Waals surface area contributed by atoms with Crippen molar-refractivity contribution < 1.29 is 9.21 Å². The third-order valence-corrected chi connectivity index (χ3v) is 3.22. The summed E-state index contributed by atoms with van der Waals surface area (Å²) in [7, 11) is 0. The number of hydrogen-bond acceptors (Lipinski definition) is 2.